The Labute approximate surface area is 83.3 Å². The van der Waals surface area contributed by atoms with Crippen molar-refractivity contribution in [3.05, 3.63) is 11.9 Å². The number of Topliss-reactive ketones (excluding diaryl/α,β-unsaturated/α-hetero) is 1. The van der Waals surface area contributed by atoms with E-state index in [-0.39, 0.29) is 5.92 Å². The summed E-state index contributed by atoms with van der Waals surface area (Å²) in [5.41, 5.74) is 0.999. The normalized spacial score (nSPS) is 27.1. The number of aromatic nitrogens is 3. The largest absolute Gasteiger partial charge is 0.299 e. The summed E-state index contributed by atoms with van der Waals surface area (Å²) in [5.74, 6) is 1.08. The summed E-state index contributed by atoms with van der Waals surface area (Å²) >= 11 is 0. The van der Waals surface area contributed by atoms with Crippen LogP contribution in [0.15, 0.2) is 6.20 Å². The van der Waals surface area contributed by atoms with Crippen LogP contribution in [0.1, 0.15) is 25.5 Å². The smallest absolute Gasteiger partial charge is 0.136 e. The van der Waals surface area contributed by atoms with Crippen LogP contribution < -0.4 is 0 Å². The van der Waals surface area contributed by atoms with E-state index in [9.17, 15) is 4.79 Å². The summed E-state index contributed by atoms with van der Waals surface area (Å²) in [6.45, 7) is 2.02. The van der Waals surface area contributed by atoms with Crippen LogP contribution in [0.2, 0.25) is 0 Å². The minimum atomic E-state index is 0.206. The lowest BCUT2D eigenvalue weighted by Crippen LogP contribution is -2.13. The number of hydrogen-bond acceptors (Lipinski definition) is 3. The maximum Gasteiger partial charge on any atom is 0.136 e. The Morgan fingerprint density at radius 1 is 1.64 bits per heavy atom. The maximum atomic E-state index is 11.3. The van der Waals surface area contributed by atoms with Gasteiger partial charge < -0.3 is 0 Å². The van der Waals surface area contributed by atoms with Crippen molar-refractivity contribution in [1.82, 2.24) is 15.0 Å². The molecule has 4 heteroatoms. The van der Waals surface area contributed by atoms with Crippen LogP contribution in [0.25, 0.3) is 0 Å². The van der Waals surface area contributed by atoms with E-state index in [0.29, 0.717) is 11.7 Å². The van der Waals surface area contributed by atoms with Gasteiger partial charge in [-0.1, -0.05) is 6.92 Å². The number of nitrogens with zero attached hydrogens (tertiary/aromatic N) is 3. The maximum absolute atomic E-state index is 11.3. The van der Waals surface area contributed by atoms with Gasteiger partial charge in [0.2, 0.25) is 0 Å². The average molecular weight is 193 g/mol. The van der Waals surface area contributed by atoms with Crippen LogP contribution in [0.5, 0.6) is 0 Å². The van der Waals surface area contributed by atoms with Crippen LogP contribution >= 0.6 is 0 Å². The van der Waals surface area contributed by atoms with Gasteiger partial charge in [0.05, 0.1) is 11.9 Å². The molecule has 1 saturated carbocycles. The third kappa shape index (κ3) is 1.69. The zero-order valence-corrected chi connectivity index (χ0v) is 8.60. The average Bonchev–Trinajstić information content (AvgIpc) is 2.67. The molecule has 1 heterocycles. The monoisotopic (exact) mass is 193 g/mol. The van der Waals surface area contributed by atoms with Crippen molar-refractivity contribution in [2.24, 2.45) is 18.9 Å². The molecular formula is C10H15N3O. The van der Waals surface area contributed by atoms with Crippen molar-refractivity contribution < 1.29 is 4.79 Å². The molecule has 0 aliphatic heterocycles. The van der Waals surface area contributed by atoms with Gasteiger partial charge >= 0.3 is 0 Å². The SMILES string of the molecule is CC1C(=O)CCC1Cc1cnn(C)n1. The fraction of sp³-hybridized carbons (Fsp3) is 0.700. The first-order valence-corrected chi connectivity index (χ1v) is 5.04. The van der Waals surface area contributed by atoms with Gasteiger partial charge in [-0.2, -0.15) is 15.0 Å². The highest BCUT2D eigenvalue weighted by atomic mass is 16.1. The van der Waals surface area contributed by atoms with Crippen LogP contribution in [0.3, 0.4) is 0 Å². The van der Waals surface area contributed by atoms with Crippen molar-refractivity contribution in [1.29, 1.82) is 0 Å². The summed E-state index contributed by atoms with van der Waals surface area (Å²) in [6, 6.07) is 0. The van der Waals surface area contributed by atoms with Crippen LogP contribution in [-0.2, 0) is 18.3 Å². The Balaban J connectivity index is 2.02. The molecule has 14 heavy (non-hydrogen) atoms. The van der Waals surface area contributed by atoms with Gasteiger partial charge in [-0.3, -0.25) is 4.79 Å². The second-order valence-corrected chi connectivity index (χ2v) is 4.08. The van der Waals surface area contributed by atoms with Crippen molar-refractivity contribution in [3.8, 4) is 0 Å². The molecule has 4 nitrogen and oxygen atoms in total. The van der Waals surface area contributed by atoms with E-state index in [1.54, 1.807) is 11.0 Å². The molecule has 1 aromatic rings. The van der Waals surface area contributed by atoms with E-state index in [2.05, 4.69) is 10.2 Å². The number of carbonyl (C=O) groups is 1. The second kappa shape index (κ2) is 3.52. The number of rotatable bonds is 2. The molecule has 76 valence electrons. The van der Waals surface area contributed by atoms with E-state index >= 15 is 0 Å². The molecule has 0 aromatic carbocycles. The van der Waals surface area contributed by atoms with Gasteiger partial charge in [-0.15, -0.1) is 0 Å². The summed E-state index contributed by atoms with van der Waals surface area (Å²) in [4.78, 5) is 12.9. The Morgan fingerprint density at radius 3 is 2.93 bits per heavy atom. The molecule has 2 atom stereocenters. The van der Waals surface area contributed by atoms with Gasteiger partial charge in [0.1, 0.15) is 5.78 Å². The first-order valence-electron chi connectivity index (χ1n) is 5.04. The lowest BCUT2D eigenvalue weighted by atomic mass is 9.93. The highest BCUT2D eigenvalue weighted by Gasteiger charge is 2.31. The molecule has 2 rings (SSSR count). The van der Waals surface area contributed by atoms with Crippen LogP contribution in [0, 0.1) is 11.8 Å². The van der Waals surface area contributed by atoms with Crippen molar-refractivity contribution in [2.75, 3.05) is 0 Å². The summed E-state index contributed by atoms with van der Waals surface area (Å²) in [7, 11) is 1.81. The molecule has 0 bridgehead atoms. The highest BCUT2D eigenvalue weighted by molar-refractivity contribution is 5.83. The molecule has 0 radical (unpaired) electrons. The van der Waals surface area contributed by atoms with Gasteiger partial charge in [0.15, 0.2) is 0 Å². The fourth-order valence-electron chi connectivity index (χ4n) is 2.10. The van der Waals surface area contributed by atoms with Crippen molar-refractivity contribution in [3.63, 3.8) is 0 Å². The van der Waals surface area contributed by atoms with E-state index in [1.165, 1.54) is 0 Å². The van der Waals surface area contributed by atoms with Gasteiger partial charge in [0, 0.05) is 19.4 Å². The molecule has 0 saturated heterocycles. The Kier molecular flexibility index (Phi) is 2.35. The number of aryl methyl sites for hydroxylation is 1. The molecule has 0 spiro atoms. The first-order chi connectivity index (χ1) is 6.66. The third-order valence-electron chi connectivity index (χ3n) is 3.09. The van der Waals surface area contributed by atoms with Crippen LogP contribution in [-0.4, -0.2) is 20.8 Å². The highest BCUT2D eigenvalue weighted by Crippen LogP contribution is 2.30. The molecule has 1 aromatic heterocycles. The predicted molar refractivity (Wildman–Crippen MR) is 51.6 cm³/mol. The van der Waals surface area contributed by atoms with Crippen molar-refractivity contribution >= 4 is 5.78 Å². The number of ketones is 1. The van der Waals surface area contributed by atoms with Gasteiger partial charge in [-0.05, 0) is 18.8 Å². The number of hydrogen-bond donors (Lipinski definition) is 0. The summed E-state index contributed by atoms with van der Waals surface area (Å²) < 4.78 is 0. The molecule has 0 amide bonds. The second-order valence-electron chi connectivity index (χ2n) is 4.08. The lowest BCUT2D eigenvalue weighted by molar-refractivity contribution is -0.120. The first kappa shape index (κ1) is 9.37. The van der Waals surface area contributed by atoms with E-state index < -0.39 is 0 Å². The molecule has 2 unspecified atom stereocenters. The zero-order valence-electron chi connectivity index (χ0n) is 8.60. The van der Waals surface area contributed by atoms with Gasteiger partial charge in [-0.25, -0.2) is 0 Å². The topological polar surface area (TPSA) is 47.8 Å². The molecular weight excluding hydrogens is 178 g/mol. The zero-order chi connectivity index (χ0) is 10.1. The van der Waals surface area contributed by atoms with E-state index in [0.717, 1.165) is 25.0 Å². The Morgan fingerprint density at radius 2 is 2.43 bits per heavy atom. The molecule has 0 N–H and O–H groups in total. The Hall–Kier alpha value is -1.19. The quantitative estimate of drug-likeness (QED) is 0.703. The van der Waals surface area contributed by atoms with Crippen LogP contribution in [0.4, 0.5) is 0 Å². The molecule has 1 aliphatic carbocycles. The summed E-state index contributed by atoms with van der Waals surface area (Å²) in [5, 5.41) is 8.25. The minimum Gasteiger partial charge on any atom is -0.299 e. The molecule has 1 fully saturated rings. The minimum absolute atomic E-state index is 0.206. The number of carbonyl (C=O) groups excluding carboxylic acids is 1. The predicted octanol–water partition coefficient (Wildman–Crippen LogP) is 0.973. The van der Waals surface area contributed by atoms with Crippen molar-refractivity contribution in [2.45, 2.75) is 26.2 Å². The molecule has 1 aliphatic rings. The fourth-order valence-corrected chi connectivity index (χ4v) is 2.10. The summed E-state index contributed by atoms with van der Waals surface area (Å²) in [6.07, 6.45) is 4.43. The third-order valence-corrected chi connectivity index (χ3v) is 3.09. The Bertz CT molecular complexity index is 345. The van der Waals surface area contributed by atoms with Gasteiger partial charge in [0.25, 0.3) is 0 Å². The van der Waals surface area contributed by atoms with E-state index in [1.807, 2.05) is 14.0 Å². The lowest BCUT2D eigenvalue weighted by Gasteiger charge is -2.11. The standard InChI is InChI=1S/C10H15N3O/c1-7-8(3-4-10(7)14)5-9-6-11-13(2)12-9/h6-8H,3-5H2,1-2H3. The van der Waals surface area contributed by atoms with E-state index in [4.69, 9.17) is 0 Å².